The molecule has 1 aromatic rings. The van der Waals surface area contributed by atoms with Crippen LogP contribution in [-0.2, 0) is 4.79 Å². The number of rotatable bonds is 4. The molecule has 3 N–H and O–H groups in total. The molecule has 0 bridgehead atoms. The highest BCUT2D eigenvalue weighted by molar-refractivity contribution is 14.1. The molecule has 1 fully saturated rings. The van der Waals surface area contributed by atoms with Crippen LogP contribution < -0.4 is 10.6 Å². The molecule has 0 heterocycles. The molecule has 2 atom stereocenters. The van der Waals surface area contributed by atoms with E-state index in [9.17, 15) is 14.7 Å². The van der Waals surface area contributed by atoms with E-state index >= 15 is 0 Å². The van der Waals surface area contributed by atoms with Crippen LogP contribution in [0.1, 0.15) is 25.7 Å². The van der Waals surface area contributed by atoms with Crippen LogP contribution in [0, 0.1) is 15.4 Å². The molecule has 2 unspecified atom stereocenters. The summed E-state index contributed by atoms with van der Waals surface area (Å²) < 4.78 is 0.964. The number of benzene rings is 1. The number of hydrogen-bond donors (Lipinski definition) is 3. The molecule has 2 amide bonds. The quantitative estimate of drug-likeness (QED) is 0.677. The molecule has 0 spiro atoms. The van der Waals surface area contributed by atoms with E-state index < -0.39 is 5.97 Å². The summed E-state index contributed by atoms with van der Waals surface area (Å²) in [5, 5.41) is 14.8. The van der Waals surface area contributed by atoms with Crippen molar-refractivity contribution < 1.29 is 14.7 Å². The fourth-order valence-corrected chi connectivity index (χ4v) is 3.25. The Labute approximate surface area is 137 Å². The van der Waals surface area contributed by atoms with Crippen molar-refractivity contribution in [3.8, 4) is 0 Å². The highest BCUT2D eigenvalue weighted by Gasteiger charge is 2.30. The minimum atomic E-state index is -0.750. The van der Waals surface area contributed by atoms with Crippen molar-refractivity contribution in [3.63, 3.8) is 0 Å². The number of nitrogens with one attached hydrogen (secondary N) is 2. The normalized spacial score (nSPS) is 21.6. The van der Waals surface area contributed by atoms with Crippen LogP contribution in [0.4, 0.5) is 10.5 Å². The number of carboxylic acids is 1. The van der Waals surface area contributed by atoms with Gasteiger partial charge in [-0.15, -0.1) is 0 Å². The van der Waals surface area contributed by atoms with E-state index in [2.05, 4.69) is 33.2 Å². The Balaban J connectivity index is 1.86. The molecular formula is C15H19IN2O3. The average molecular weight is 402 g/mol. The van der Waals surface area contributed by atoms with E-state index in [0.717, 1.165) is 28.5 Å². The van der Waals surface area contributed by atoms with Gasteiger partial charge in [-0.05, 0) is 53.5 Å². The number of para-hydroxylation sites is 1. The van der Waals surface area contributed by atoms with Crippen molar-refractivity contribution in [3.05, 3.63) is 27.8 Å². The number of carbonyl (C=O) groups excluding carboxylic acids is 1. The molecule has 0 radical (unpaired) electrons. The lowest BCUT2D eigenvalue weighted by Crippen LogP contribution is -2.39. The van der Waals surface area contributed by atoms with Crippen molar-refractivity contribution in [2.45, 2.75) is 25.7 Å². The first-order chi connectivity index (χ1) is 10.1. The van der Waals surface area contributed by atoms with Gasteiger partial charge < -0.3 is 15.7 Å². The number of aliphatic carboxylic acids is 1. The Morgan fingerprint density at radius 2 is 1.95 bits per heavy atom. The zero-order valence-electron chi connectivity index (χ0n) is 11.6. The Morgan fingerprint density at radius 1 is 1.24 bits per heavy atom. The van der Waals surface area contributed by atoms with Crippen molar-refractivity contribution in [1.82, 2.24) is 5.32 Å². The van der Waals surface area contributed by atoms with Crippen LogP contribution in [-0.4, -0.2) is 23.7 Å². The highest BCUT2D eigenvalue weighted by atomic mass is 127. The van der Waals surface area contributed by atoms with Crippen LogP contribution in [0.3, 0.4) is 0 Å². The maximum Gasteiger partial charge on any atom is 0.319 e. The molecule has 1 aliphatic carbocycles. The first-order valence-electron chi connectivity index (χ1n) is 7.10. The Kier molecular flexibility index (Phi) is 5.84. The number of urea groups is 1. The van der Waals surface area contributed by atoms with Gasteiger partial charge in [-0.3, -0.25) is 4.79 Å². The van der Waals surface area contributed by atoms with Gasteiger partial charge >= 0.3 is 12.0 Å². The van der Waals surface area contributed by atoms with Gasteiger partial charge in [0.25, 0.3) is 0 Å². The van der Waals surface area contributed by atoms with Crippen LogP contribution in [0.2, 0.25) is 0 Å². The molecule has 2 rings (SSSR count). The molecule has 0 aromatic heterocycles. The third-order valence-corrected chi connectivity index (χ3v) is 4.81. The molecular weight excluding hydrogens is 383 g/mol. The molecule has 5 nitrogen and oxygen atoms in total. The minimum Gasteiger partial charge on any atom is -0.481 e. The number of carboxylic acid groups (broad SMARTS) is 1. The molecule has 1 aromatic carbocycles. The SMILES string of the molecule is O=C(NCC1CCCCC1C(=O)O)Nc1ccccc1I. The number of carbonyl (C=O) groups is 2. The number of hydrogen-bond acceptors (Lipinski definition) is 2. The smallest absolute Gasteiger partial charge is 0.319 e. The van der Waals surface area contributed by atoms with E-state index in [0.29, 0.717) is 13.0 Å². The number of anilines is 1. The number of amides is 2. The van der Waals surface area contributed by atoms with E-state index in [-0.39, 0.29) is 17.9 Å². The monoisotopic (exact) mass is 402 g/mol. The first-order valence-corrected chi connectivity index (χ1v) is 8.18. The summed E-state index contributed by atoms with van der Waals surface area (Å²) in [5.41, 5.74) is 0.758. The van der Waals surface area contributed by atoms with Crippen molar-refractivity contribution >= 4 is 40.3 Å². The first kappa shape index (κ1) is 16.1. The van der Waals surface area contributed by atoms with Gasteiger partial charge in [-0.1, -0.05) is 25.0 Å². The molecule has 1 aliphatic rings. The molecule has 114 valence electrons. The average Bonchev–Trinajstić information content (AvgIpc) is 2.48. The van der Waals surface area contributed by atoms with E-state index in [1.165, 1.54) is 0 Å². The zero-order valence-corrected chi connectivity index (χ0v) is 13.8. The lowest BCUT2D eigenvalue weighted by molar-refractivity contribution is -0.144. The van der Waals surface area contributed by atoms with Gasteiger partial charge in [0.05, 0.1) is 11.6 Å². The zero-order chi connectivity index (χ0) is 15.2. The highest BCUT2D eigenvalue weighted by Crippen LogP contribution is 2.29. The van der Waals surface area contributed by atoms with Gasteiger partial charge in [-0.25, -0.2) is 4.79 Å². The summed E-state index contributed by atoms with van der Waals surface area (Å²) in [4.78, 5) is 23.1. The molecule has 6 heteroatoms. The fourth-order valence-electron chi connectivity index (χ4n) is 2.73. The summed E-state index contributed by atoms with van der Waals surface area (Å²) in [6, 6.07) is 7.23. The van der Waals surface area contributed by atoms with E-state index in [1.54, 1.807) is 0 Å². The topological polar surface area (TPSA) is 78.4 Å². The van der Waals surface area contributed by atoms with Gasteiger partial charge in [-0.2, -0.15) is 0 Å². The maximum atomic E-state index is 11.9. The van der Waals surface area contributed by atoms with Gasteiger partial charge in [0.2, 0.25) is 0 Å². The van der Waals surface area contributed by atoms with Crippen LogP contribution in [0.5, 0.6) is 0 Å². The van der Waals surface area contributed by atoms with Crippen LogP contribution in [0.15, 0.2) is 24.3 Å². The lowest BCUT2D eigenvalue weighted by atomic mass is 9.79. The van der Waals surface area contributed by atoms with Gasteiger partial charge in [0.15, 0.2) is 0 Å². The second kappa shape index (κ2) is 7.63. The predicted octanol–water partition coefficient (Wildman–Crippen LogP) is 3.30. The summed E-state index contributed by atoms with van der Waals surface area (Å²) in [6.45, 7) is 0.409. The lowest BCUT2D eigenvalue weighted by Gasteiger charge is -2.28. The minimum absolute atomic E-state index is 0.0249. The Hall–Kier alpha value is -1.31. The fraction of sp³-hybridized carbons (Fsp3) is 0.467. The largest absolute Gasteiger partial charge is 0.481 e. The maximum absolute atomic E-state index is 11.9. The summed E-state index contributed by atoms with van der Waals surface area (Å²) in [7, 11) is 0. The van der Waals surface area contributed by atoms with Crippen molar-refractivity contribution in [2.24, 2.45) is 11.8 Å². The Bertz CT molecular complexity index is 521. The third-order valence-electron chi connectivity index (χ3n) is 3.87. The van der Waals surface area contributed by atoms with E-state index in [4.69, 9.17) is 0 Å². The molecule has 0 saturated heterocycles. The Morgan fingerprint density at radius 3 is 2.67 bits per heavy atom. The number of halogens is 1. The van der Waals surface area contributed by atoms with Crippen molar-refractivity contribution in [2.75, 3.05) is 11.9 Å². The van der Waals surface area contributed by atoms with Crippen LogP contribution >= 0.6 is 22.6 Å². The standard InChI is InChI=1S/C15H19IN2O3/c16-12-7-3-4-8-13(12)18-15(21)17-9-10-5-1-2-6-11(10)14(19)20/h3-4,7-8,10-11H,1-2,5-6,9H2,(H,19,20)(H2,17,18,21). The summed E-state index contributed by atoms with van der Waals surface area (Å²) in [5.74, 6) is -1.06. The summed E-state index contributed by atoms with van der Waals surface area (Å²) >= 11 is 2.16. The molecule has 1 saturated carbocycles. The second-order valence-electron chi connectivity index (χ2n) is 5.30. The second-order valence-corrected chi connectivity index (χ2v) is 6.47. The third kappa shape index (κ3) is 4.59. The molecule has 0 aliphatic heterocycles. The van der Waals surface area contributed by atoms with Gasteiger partial charge in [0, 0.05) is 10.1 Å². The van der Waals surface area contributed by atoms with Gasteiger partial charge in [0.1, 0.15) is 0 Å². The predicted molar refractivity (Wildman–Crippen MR) is 89.3 cm³/mol. The molecule has 21 heavy (non-hydrogen) atoms. The summed E-state index contributed by atoms with van der Waals surface area (Å²) in [6.07, 6.45) is 3.57. The van der Waals surface area contributed by atoms with Crippen LogP contribution in [0.25, 0.3) is 0 Å². The van der Waals surface area contributed by atoms with Crippen molar-refractivity contribution in [1.29, 1.82) is 0 Å². The van der Waals surface area contributed by atoms with E-state index in [1.807, 2.05) is 24.3 Å².